The fraction of sp³-hybridized carbons (Fsp3) is 0.538. The maximum absolute atomic E-state index is 8.63. The molecule has 0 bridgehead atoms. The van der Waals surface area contributed by atoms with E-state index in [0.717, 1.165) is 17.9 Å². The average Bonchev–Trinajstić information content (AvgIpc) is 2.74. The predicted octanol–water partition coefficient (Wildman–Crippen LogP) is 2.28. The Morgan fingerprint density at radius 2 is 2.35 bits per heavy atom. The van der Waals surface area contributed by atoms with Gasteiger partial charge in [0.2, 0.25) is 0 Å². The summed E-state index contributed by atoms with van der Waals surface area (Å²) in [7, 11) is 2.15. The lowest BCUT2D eigenvalue weighted by molar-refractivity contribution is 0.272. The molecule has 1 heterocycles. The summed E-state index contributed by atoms with van der Waals surface area (Å²) in [5.74, 6) is 6.75. The van der Waals surface area contributed by atoms with Crippen molar-refractivity contribution < 1.29 is 5.11 Å². The highest BCUT2D eigenvalue weighted by molar-refractivity contribution is 7.98. The zero-order chi connectivity index (χ0) is 12.7. The molecule has 0 fully saturated rings. The number of rotatable bonds is 5. The Morgan fingerprint density at radius 1 is 1.59 bits per heavy atom. The summed E-state index contributed by atoms with van der Waals surface area (Å²) in [6.45, 7) is 3.14. The van der Waals surface area contributed by atoms with Crippen LogP contribution >= 0.6 is 23.1 Å². The minimum atomic E-state index is -0.0736. The minimum absolute atomic E-state index is 0.0736. The number of thiophene rings is 1. The van der Waals surface area contributed by atoms with Gasteiger partial charge in [-0.3, -0.25) is 4.90 Å². The molecule has 1 unspecified atom stereocenters. The third-order valence-electron chi connectivity index (χ3n) is 2.53. The van der Waals surface area contributed by atoms with Gasteiger partial charge in [0.25, 0.3) is 0 Å². The van der Waals surface area contributed by atoms with Crippen molar-refractivity contribution in [3.8, 4) is 11.8 Å². The van der Waals surface area contributed by atoms with E-state index in [2.05, 4.69) is 43.0 Å². The molecule has 0 aromatic carbocycles. The molecule has 17 heavy (non-hydrogen) atoms. The van der Waals surface area contributed by atoms with Gasteiger partial charge in [-0.05, 0) is 26.3 Å². The Hall–Kier alpha value is -0.470. The fourth-order valence-corrected chi connectivity index (χ4v) is 3.06. The minimum Gasteiger partial charge on any atom is -0.384 e. The molecule has 0 aliphatic carbocycles. The number of thioether (sulfide) groups is 1. The summed E-state index contributed by atoms with van der Waals surface area (Å²) in [6.07, 6.45) is 2.14. The number of hydrogen-bond donors (Lipinski definition) is 1. The molecule has 1 atom stereocenters. The maximum Gasteiger partial charge on any atom is 0.104 e. The first-order valence-corrected chi connectivity index (χ1v) is 7.81. The Kier molecular flexibility index (Phi) is 6.68. The second-order valence-electron chi connectivity index (χ2n) is 3.98. The predicted molar refractivity (Wildman–Crippen MR) is 77.6 cm³/mol. The summed E-state index contributed by atoms with van der Waals surface area (Å²) in [6, 6.07) is 2.69. The van der Waals surface area contributed by atoms with Crippen LogP contribution in [0.5, 0.6) is 0 Å². The van der Waals surface area contributed by atoms with Crippen molar-refractivity contribution in [1.82, 2.24) is 4.90 Å². The van der Waals surface area contributed by atoms with Gasteiger partial charge < -0.3 is 5.11 Å². The topological polar surface area (TPSA) is 23.5 Å². The second kappa shape index (κ2) is 7.78. The van der Waals surface area contributed by atoms with E-state index in [1.165, 1.54) is 4.88 Å². The maximum atomic E-state index is 8.63. The van der Waals surface area contributed by atoms with E-state index < -0.39 is 0 Å². The van der Waals surface area contributed by atoms with Crippen molar-refractivity contribution in [3.63, 3.8) is 0 Å². The fourth-order valence-electron chi connectivity index (χ4n) is 1.44. The molecule has 1 aromatic heterocycles. The average molecular weight is 269 g/mol. The molecule has 4 heteroatoms. The largest absolute Gasteiger partial charge is 0.384 e. The van der Waals surface area contributed by atoms with Crippen LogP contribution in [0.15, 0.2) is 11.4 Å². The van der Waals surface area contributed by atoms with Gasteiger partial charge in [-0.1, -0.05) is 11.8 Å². The van der Waals surface area contributed by atoms with E-state index in [9.17, 15) is 0 Å². The van der Waals surface area contributed by atoms with E-state index >= 15 is 0 Å². The molecule has 0 aliphatic heterocycles. The van der Waals surface area contributed by atoms with Crippen LogP contribution in [-0.4, -0.2) is 41.7 Å². The number of nitrogens with zero attached hydrogens (tertiary/aromatic N) is 1. The van der Waals surface area contributed by atoms with Crippen LogP contribution in [0.1, 0.15) is 17.4 Å². The first-order chi connectivity index (χ1) is 8.17. The zero-order valence-corrected chi connectivity index (χ0v) is 12.2. The van der Waals surface area contributed by atoms with Crippen LogP contribution in [0.2, 0.25) is 0 Å². The van der Waals surface area contributed by atoms with Gasteiger partial charge in [-0.25, -0.2) is 0 Å². The zero-order valence-electron chi connectivity index (χ0n) is 10.6. The van der Waals surface area contributed by atoms with Gasteiger partial charge in [0.05, 0.1) is 0 Å². The van der Waals surface area contributed by atoms with Crippen LogP contribution in [0, 0.1) is 11.8 Å². The molecule has 0 amide bonds. The molecule has 0 spiro atoms. The van der Waals surface area contributed by atoms with Crippen LogP contribution in [0.4, 0.5) is 0 Å². The molecule has 0 saturated heterocycles. The van der Waals surface area contributed by atoms with E-state index in [1.807, 2.05) is 17.1 Å². The van der Waals surface area contributed by atoms with Crippen LogP contribution in [0.3, 0.4) is 0 Å². The highest BCUT2D eigenvalue weighted by Gasteiger charge is 2.09. The first kappa shape index (κ1) is 14.6. The number of aliphatic hydroxyl groups is 1. The van der Waals surface area contributed by atoms with Crippen molar-refractivity contribution in [2.45, 2.75) is 19.5 Å². The smallest absolute Gasteiger partial charge is 0.104 e. The normalized spacial score (nSPS) is 12.3. The Bertz CT molecular complexity index is 392. The van der Waals surface area contributed by atoms with E-state index in [0.29, 0.717) is 6.04 Å². The molecule has 94 valence electrons. The van der Waals surface area contributed by atoms with Crippen molar-refractivity contribution in [3.05, 3.63) is 21.9 Å². The molecule has 0 saturated carbocycles. The molecule has 1 rings (SSSR count). The molecule has 0 radical (unpaired) electrons. The number of hydrogen-bond acceptors (Lipinski definition) is 4. The van der Waals surface area contributed by atoms with Crippen molar-refractivity contribution in [2.75, 3.05) is 25.7 Å². The van der Waals surface area contributed by atoms with Gasteiger partial charge in [0, 0.05) is 34.2 Å². The summed E-state index contributed by atoms with van der Waals surface area (Å²) in [4.78, 5) is 3.67. The van der Waals surface area contributed by atoms with Crippen molar-refractivity contribution >= 4 is 23.1 Å². The molecule has 1 aromatic rings. The van der Waals surface area contributed by atoms with Crippen molar-refractivity contribution in [1.29, 1.82) is 0 Å². The van der Waals surface area contributed by atoms with Gasteiger partial charge in [-0.2, -0.15) is 11.8 Å². The van der Waals surface area contributed by atoms with Crippen LogP contribution < -0.4 is 0 Å². The summed E-state index contributed by atoms with van der Waals surface area (Å²) < 4.78 is 0. The number of aliphatic hydroxyl groups excluding tert-OH is 1. The highest BCUT2D eigenvalue weighted by Crippen LogP contribution is 2.17. The van der Waals surface area contributed by atoms with Crippen LogP contribution in [0.25, 0.3) is 0 Å². The first-order valence-electron chi connectivity index (χ1n) is 5.53. The Morgan fingerprint density at radius 3 is 3.00 bits per heavy atom. The standard InChI is InChI=1S/C13H19NOS2/c1-11(9-16-3)14(2)8-13-7-12(10-17-13)5-4-6-15/h7,10-11,15H,6,8-9H2,1-3H3. The lowest BCUT2D eigenvalue weighted by atomic mass is 10.3. The quantitative estimate of drug-likeness (QED) is 0.830. The van der Waals surface area contributed by atoms with E-state index in [1.54, 1.807) is 11.3 Å². The lowest BCUT2D eigenvalue weighted by Gasteiger charge is -2.23. The SMILES string of the molecule is CSCC(C)N(C)Cc1cc(C#CCO)cs1. The summed E-state index contributed by atoms with van der Waals surface area (Å²) >= 11 is 3.61. The second-order valence-corrected chi connectivity index (χ2v) is 5.89. The van der Waals surface area contributed by atoms with Crippen molar-refractivity contribution in [2.24, 2.45) is 0 Å². The van der Waals surface area contributed by atoms with E-state index in [4.69, 9.17) is 5.11 Å². The summed E-state index contributed by atoms with van der Waals surface area (Å²) in [5, 5.41) is 10.7. The van der Waals surface area contributed by atoms with Gasteiger partial charge in [-0.15, -0.1) is 11.3 Å². The highest BCUT2D eigenvalue weighted by atomic mass is 32.2. The third kappa shape index (κ3) is 5.13. The molecule has 2 nitrogen and oxygen atoms in total. The monoisotopic (exact) mass is 269 g/mol. The molecule has 1 N–H and O–H groups in total. The summed E-state index contributed by atoms with van der Waals surface area (Å²) in [5.41, 5.74) is 1.00. The van der Waals surface area contributed by atoms with Crippen LogP contribution in [-0.2, 0) is 6.54 Å². The molecular formula is C13H19NOS2. The van der Waals surface area contributed by atoms with Gasteiger partial charge >= 0.3 is 0 Å². The lowest BCUT2D eigenvalue weighted by Crippen LogP contribution is -2.30. The van der Waals surface area contributed by atoms with Gasteiger partial charge in [0.1, 0.15) is 6.61 Å². The molecule has 0 aliphatic rings. The third-order valence-corrected chi connectivity index (χ3v) is 4.27. The molecular weight excluding hydrogens is 250 g/mol. The van der Waals surface area contributed by atoms with Gasteiger partial charge in [0.15, 0.2) is 0 Å². The van der Waals surface area contributed by atoms with E-state index in [-0.39, 0.29) is 6.61 Å². The Labute approximate surface area is 112 Å². The Balaban J connectivity index is 2.54.